The molecule has 2 rings (SSSR count). The SMILES string of the molecule is COC1CCCC1NCc1ccn(C(C)C)n1. The van der Waals surface area contributed by atoms with E-state index in [-0.39, 0.29) is 0 Å². The molecule has 1 N–H and O–H groups in total. The van der Waals surface area contributed by atoms with Gasteiger partial charge in [0.15, 0.2) is 0 Å². The van der Waals surface area contributed by atoms with Crippen molar-refractivity contribution >= 4 is 0 Å². The molecule has 1 aliphatic rings. The average molecular weight is 237 g/mol. The van der Waals surface area contributed by atoms with Crippen LogP contribution in [-0.4, -0.2) is 29.0 Å². The molecule has 0 saturated heterocycles. The molecule has 1 aromatic rings. The van der Waals surface area contributed by atoms with Crippen molar-refractivity contribution in [1.29, 1.82) is 0 Å². The summed E-state index contributed by atoms with van der Waals surface area (Å²) in [6, 6.07) is 3.01. The molecule has 1 heterocycles. The minimum absolute atomic E-state index is 0.377. The van der Waals surface area contributed by atoms with Crippen molar-refractivity contribution < 1.29 is 4.74 Å². The Morgan fingerprint density at radius 1 is 1.53 bits per heavy atom. The molecule has 0 radical (unpaired) electrons. The Bertz CT molecular complexity index is 348. The molecule has 0 spiro atoms. The summed E-state index contributed by atoms with van der Waals surface area (Å²) in [6.07, 6.45) is 6.07. The Kier molecular flexibility index (Phi) is 4.18. The molecule has 1 aliphatic carbocycles. The van der Waals surface area contributed by atoms with Gasteiger partial charge in [-0.3, -0.25) is 4.68 Å². The van der Waals surface area contributed by atoms with Gasteiger partial charge in [-0.2, -0.15) is 5.10 Å². The van der Waals surface area contributed by atoms with Crippen molar-refractivity contribution in [3.8, 4) is 0 Å². The summed E-state index contributed by atoms with van der Waals surface area (Å²) >= 11 is 0. The second kappa shape index (κ2) is 5.65. The number of aromatic nitrogens is 2. The molecule has 0 aliphatic heterocycles. The van der Waals surface area contributed by atoms with Crippen molar-refractivity contribution in [1.82, 2.24) is 15.1 Å². The van der Waals surface area contributed by atoms with Crippen LogP contribution < -0.4 is 5.32 Å². The maximum absolute atomic E-state index is 5.47. The summed E-state index contributed by atoms with van der Waals surface area (Å²) in [6.45, 7) is 5.12. The fourth-order valence-corrected chi connectivity index (χ4v) is 2.44. The van der Waals surface area contributed by atoms with Crippen molar-refractivity contribution in [2.45, 2.75) is 57.8 Å². The molecule has 4 heteroatoms. The standard InChI is InChI=1S/C13H23N3O/c1-10(2)16-8-7-11(15-16)9-14-12-5-4-6-13(12)17-3/h7-8,10,12-14H,4-6,9H2,1-3H3. The van der Waals surface area contributed by atoms with E-state index in [1.165, 1.54) is 19.3 Å². The molecule has 17 heavy (non-hydrogen) atoms. The van der Waals surface area contributed by atoms with Crippen molar-refractivity contribution in [3.63, 3.8) is 0 Å². The third-order valence-corrected chi connectivity index (χ3v) is 3.49. The molecular weight excluding hydrogens is 214 g/mol. The molecule has 96 valence electrons. The topological polar surface area (TPSA) is 39.1 Å². The van der Waals surface area contributed by atoms with Crippen LogP contribution >= 0.6 is 0 Å². The van der Waals surface area contributed by atoms with Crippen LogP contribution in [-0.2, 0) is 11.3 Å². The summed E-state index contributed by atoms with van der Waals surface area (Å²) in [5.41, 5.74) is 1.11. The molecule has 2 unspecified atom stereocenters. The van der Waals surface area contributed by atoms with Gasteiger partial charge in [0, 0.05) is 31.9 Å². The Labute approximate surface area is 103 Å². The molecule has 1 fully saturated rings. The van der Waals surface area contributed by atoms with E-state index in [1.807, 2.05) is 10.9 Å². The third kappa shape index (κ3) is 3.07. The van der Waals surface area contributed by atoms with E-state index >= 15 is 0 Å². The van der Waals surface area contributed by atoms with Gasteiger partial charge < -0.3 is 10.1 Å². The summed E-state index contributed by atoms with van der Waals surface area (Å²) in [7, 11) is 1.80. The first-order valence-corrected chi connectivity index (χ1v) is 6.51. The maximum atomic E-state index is 5.47. The zero-order chi connectivity index (χ0) is 12.3. The number of rotatable bonds is 5. The lowest BCUT2D eigenvalue weighted by atomic mass is 10.2. The molecule has 0 aromatic carbocycles. The Balaban J connectivity index is 1.84. The minimum Gasteiger partial charge on any atom is -0.380 e. The average Bonchev–Trinajstić information content (AvgIpc) is 2.95. The van der Waals surface area contributed by atoms with Gasteiger partial charge >= 0.3 is 0 Å². The lowest BCUT2D eigenvalue weighted by molar-refractivity contribution is 0.0846. The van der Waals surface area contributed by atoms with Crippen LogP contribution in [0.2, 0.25) is 0 Å². The fourth-order valence-electron chi connectivity index (χ4n) is 2.44. The van der Waals surface area contributed by atoms with Crippen LogP contribution in [0.15, 0.2) is 12.3 Å². The lowest BCUT2D eigenvalue weighted by Gasteiger charge is -2.18. The van der Waals surface area contributed by atoms with Gasteiger partial charge in [0.1, 0.15) is 0 Å². The van der Waals surface area contributed by atoms with E-state index in [0.29, 0.717) is 18.2 Å². The van der Waals surface area contributed by atoms with E-state index in [2.05, 4.69) is 30.3 Å². The lowest BCUT2D eigenvalue weighted by Crippen LogP contribution is -2.36. The normalized spacial score (nSPS) is 24.7. The second-order valence-electron chi connectivity index (χ2n) is 5.07. The van der Waals surface area contributed by atoms with Crippen molar-refractivity contribution in [3.05, 3.63) is 18.0 Å². The van der Waals surface area contributed by atoms with E-state index in [0.717, 1.165) is 12.2 Å². The highest BCUT2D eigenvalue weighted by molar-refractivity contribution is 5.00. The predicted molar refractivity (Wildman–Crippen MR) is 67.9 cm³/mol. The van der Waals surface area contributed by atoms with Crippen molar-refractivity contribution in [2.24, 2.45) is 0 Å². The minimum atomic E-state index is 0.377. The Morgan fingerprint density at radius 3 is 3.00 bits per heavy atom. The first-order chi connectivity index (χ1) is 8.20. The van der Waals surface area contributed by atoms with E-state index in [9.17, 15) is 0 Å². The highest BCUT2D eigenvalue weighted by atomic mass is 16.5. The van der Waals surface area contributed by atoms with Crippen LogP contribution in [0.3, 0.4) is 0 Å². The van der Waals surface area contributed by atoms with E-state index in [1.54, 1.807) is 7.11 Å². The van der Waals surface area contributed by atoms with Gasteiger partial charge in [0.25, 0.3) is 0 Å². The number of methoxy groups -OCH3 is 1. The summed E-state index contributed by atoms with van der Waals surface area (Å²) in [4.78, 5) is 0. The van der Waals surface area contributed by atoms with Crippen LogP contribution in [0, 0.1) is 0 Å². The smallest absolute Gasteiger partial charge is 0.0762 e. The zero-order valence-corrected chi connectivity index (χ0v) is 11.0. The van der Waals surface area contributed by atoms with Gasteiger partial charge in [0.05, 0.1) is 11.8 Å². The van der Waals surface area contributed by atoms with Crippen molar-refractivity contribution in [2.75, 3.05) is 7.11 Å². The number of nitrogens with zero attached hydrogens (tertiary/aromatic N) is 2. The highest BCUT2D eigenvalue weighted by Crippen LogP contribution is 2.21. The molecule has 2 atom stereocenters. The highest BCUT2D eigenvalue weighted by Gasteiger charge is 2.26. The predicted octanol–water partition coefficient (Wildman–Crippen LogP) is 2.12. The summed E-state index contributed by atoms with van der Waals surface area (Å²) in [5, 5.41) is 8.09. The first kappa shape index (κ1) is 12.6. The molecule has 0 amide bonds. The largest absolute Gasteiger partial charge is 0.380 e. The third-order valence-electron chi connectivity index (χ3n) is 3.49. The van der Waals surface area contributed by atoms with Crippen LogP contribution in [0.5, 0.6) is 0 Å². The van der Waals surface area contributed by atoms with E-state index < -0.39 is 0 Å². The van der Waals surface area contributed by atoms with Crippen LogP contribution in [0.25, 0.3) is 0 Å². The van der Waals surface area contributed by atoms with Gasteiger partial charge in [-0.15, -0.1) is 0 Å². The molecule has 1 aromatic heterocycles. The number of hydrogen-bond donors (Lipinski definition) is 1. The quantitative estimate of drug-likeness (QED) is 0.852. The molecule has 0 bridgehead atoms. The van der Waals surface area contributed by atoms with Gasteiger partial charge in [0.2, 0.25) is 0 Å². The van der Waals surface area contributed by atoms with Crippen LogP contribution in [0.4, 0.5) is 0 Å². The number of ether oxygens (including phenoxy) is 1. The molecular formula is C13H23N3O. The number of nitrogens with one attached hydrogen (secondary N) is 1. The molecule has 4 nitrogen and oxygen atoms in total. The summed E-state index contributed by atoms with van der Waals surface area (Å²) in [5.74, 6) is 0. The maximum Gasteiger partial charge on any atom is 0.0762 e. The Hall–Kier alpha value is -0.870. The summed E-state index contributed by atoms with van der Waals surface area (Å²) < 4.78 is 7.47. The Morgan fingerprint density at radius 2 is 2.35 bits per heavy atom. The first-order valence-electron chi connectivity index (χ1n) is 6.51. The zero-order valence-electron chi connectivity index (χ0n) is 11.0. The van der Waals surface area contributed by atoms with Crippen LogP contribution in [0.1, 0.15) is 44.8 Å². The monoisotopic (exact) mass is 237 g/mol. The fraction of sp³-hybridized carbons (Fsp3) is 0.769. The van der Waals surface area contributed by atoms with Gasteiger partial charge in [-0.1, -0.05) is 0 Å². The van der Waals surface area contributed by atoms with Gasteiger partial charge in [-0.25, -0.2) is 0 Å². The van der Waals surface area contributed by atoms with E-state index in [4.69, 9.17) is 4.74 Å². The van der Waals surface area contributed by atoms with Gasteiger partial charge in [-0.05, 0) is 39.2 Å². The second-order valence-corrected chi connectivity index (χ2v) is 5.07. The molecule has 1 saturated carbocycles. The number of hydrogen-bond acceptors (Lipinski definition) is 3.